The van der Waals surface area contributed by atoms with E-state index in [1.54, 1.807) is 49.4 Å². The molecule has 0 aliphatic rings. The molecule has 0 fully saturated rings. The Labute approximate surface area is 214 Å². The highest BCUT2D eigenvalue weighted by Gasteiger charge is 2.19. The fraction of sp³-hybridized carbons (Fsp3) is 0.138. The van der Waals surface area contributed by atoms with Crippen LogP contribution in [0.4, 0.5) is 11.4 Å². The smallest absolute Gasteiger partial charge is 0.261 e. The van der Waals surface area contributed by atoms with Crippen molar-refractivity contribution in [2.24, 2.45) is 0 Å². The maximum Gasteiger partial charge on any atom is 0.261 e. The molecule has 2 amide bonds. The second-order valence-electron chi connectivity index (χ2n) is 7.97. The number of carbonyl (C=O) groups excluding carboxylic acids is 2. The Hall–Kier alpha value is -4.85. The molecule has 1 aromatic heterocycles. The first kappa shape index (κ1) is 25.2. The van der Waals surface area contributed by atoms with Gasteiger partial charge < -0.3 is 25.1 Å². The molecule has 8 heteroatoms. The van der Waals surface area contributed by atoms with Crippen LogP contribution in [0.1, 0.15) is 34.6 Å². The number of ether oxygens (including phenoxy) is 2. The number of nitrogens with one attached hydrogen (secondary N) is 3. The van der Waals surface area contributed by atoms with E-state index in [-0.39, 0.29) is 11.5 Å². The fourth-order valence-corrected chi connectivity index (χ4v) is 3.72. The third kappa shape index (κ3) is 6.05. The number of benzene rings is 3. The summed E-state index contributed by atoms with van der Waals surface area (Å²) < 4.78 is 11.5. The molecule has 0 saturated carbocycles. The van der Waals surface area contributed by atoms with Crippen molar-refractivity contribution in [2.75, 3.05) is 23.8 Å². The quantitative estimate of drug-likeness (QED) is 0.289. The summed E-state index contributed by atoms with van der Waals surface area (Å²) in [6.45, 7) is 4.26. The van der Waals surface area contributed by atoms with Gasteiger partial charge in [0.1, 0.15) is 17.1 Å². The lowest BCUT2D eigenvalue weighted by Crippen LogP contribution is -2.23. The second kappa shape index (κ2) is 11.7. The van der Waals surface area contributed by atoms with Crippen LogP contribution >= 0.6 is 0 Å². The first-order valence-electron chi connectivity index (χ1n) is 11.9. The van der Waals surface area contributed by atoms with Gasteiger partial charge in [-0.1, -0.05) is 48.5 Å². The van der Waals surface area contributed by atoms with E-state index in [9.17, 15) is 14.4 Å². The van der Waals surface area contributed by atoms with Gasteiger partial charge in [0.15, 0.2) is 0 Å². The summed E-state index contributed by atoms with van der Waals surface area (Å²) in [5.41, 5.74) is 2.05. The Morgan fingerprint density at radius 3 is 1.81 bits per heavy atom. The molecule has 0 unspecified atom stereocenters. The van der Waals surface area contributed by atoms with Crippen LogP contribution < -0.4 is 25.7 Å². The van der Waals surface area contributed by atoms with E-state index in [4.69, 9.17) is 9.47 Å². The monoisotopic (exact) mass is 497 g/mol. The van der Waals surface area contributed by atoms with E-state index in [0.29, 0.717) is 47.3 Å². The van der Waals surface area contributed by atoms with Crippen molar-refractivity contribution in [2.45, 2.75) is 13.8 Å². The summed E-state index contributed by atoms with van der Waals surface area (Å²) in [5, 5.41) is 5.59. The SMILES string of the molecule is CCOc1cc(NC(=O)c2ccc(-c3ccccc3)[nH]c2=O)c(OCC)cc1NC(=O)c1ccccc1. The predicted octanol–water partition coefficient (Wildman–Crippen LogP) is 5.34. The molecule has 0 aliphatic heterocycles. The lowest BCUT2D eigenvalue weighted by molar-refractivity contribution is 0.101. The van der Waals surface area contributed by atoms with Gasteiger partial charge in [-0.2, -0.15) is 0 Å². The molecule has 37 heavy (non-hydrogen) atoms. The number of aromatic nitrogens is 1. The van der Waals surface area contributed by atoms with E-state index in [1.807, 2.05) is 43.3 Å². The molecule has 0 atom stereocenters. The standard InChI is InChI=1S/C29H27N3O5/c1-3-36-25-18-24(26(37-4-2)17-23(25)31-27(33)20-13-9-6-10-14-20)32-29(35)21-15-16-22(30-28(21)34)19-11-7-5-8-12-19/h5-18H,3-4H2,1-2H3,(H,30,34)(H,31,33)(H,32,35). The Balaban J connectivity index is 1.63. The van der Waals surface area contributed by atoms with Crippen molar-refractivity contribution >= 4 is 23.2 Å². The largest absolute Gasteiger partial charge is 0.492 e. The van der Waals surface area contributed by atoms with Crippen molar-refractivity contribution in [1.29, 1.82) is 0 Å². The van der Waals surface area contributed by atoms with Crippen LogP contribution in [0.5, 0.6) is 11.5 Å². The van der Waals surface area contributed by atoms with Crippen molar-refractivity contribution in [3.63, 3.8) is 0 Å². The molecule has 3 aromatic carbocycles. The van der Waals surface area contributed by atoms with E-state index in [2.05, 4.69) is 15.6 Å². The average Bonchev–Trinajstić information content (AvgIpc) is 2.92. The van der Waals surface area contributed by atoms with Crippen LogP contribution in [0.2, 0.25) is 0 Å². The van der Waals surface area contributed by atoms with Gasteiger partial charge in [-0.15, -0.1) is 0 Å². The van der Waals surface area contributed by atoms with Crippen molar-refractivity contribution in [1.82, 2.24) is 4.98 Å². The van der Waals surface area contributed by atoms with Crippen molar-refractivity contribution in [3.8, 4) is 22.8 Å². The Morgan fingerprint density at radius 1 is 0.730 bits per heavy atom. The second-order valence-corrected chi connectivity index (χ2v) is 7.97. The van der Waals surface area contributed by atoms with Crippen LogP contribution in [0.3, 0.4) is 0 Å². The number of anilines is 2. The molecule has 0 saturated heterocycles. The van der Waals surface area contributed by atoms with E-state index < -0.39 is 11.5 Å². The zero-order valence-electron chi connectivity index (χ0n) is 20.5. The summed E-state index contributed by atoms with van der Waals surface area (Å²) in [6.07, 6.45) is 0. The van der Waals surface area contributed by atoms with Gasteiger partial charge in [0.05, 0.1) is 24.6 Å². The van der Waals surface area contributed by atoms with Gasteiger partial charge in [-0.25, -0.2) is 0 Å². The first-order chi connectivity index (χ1) is 18.0. The number of H-pyrrole nitrogens is 1. The van der Waals surface area contributed by atoms with Crippen LogP contribution in [0.25, 0.3) is 11.3 Å². The number of hydrogen-bond donors (Lipinski definition) is 3. The number of carbonyl (C=O) groups is 2. The zero-order valence-corrected chi connectivity index (χ0v) is 20.5. The molecule has 0 spiro atoms. The van der Waals surface area contributed by atoms with Crippen molar-refractivity contribution in [3.05, 3.63) is 106 Å². The highest BCUT2D eigenvalue weighted by molar-refractivity contribution is 6.07. The molecule has 4 aromatic rings. The molecule has 0 aliphatic carbocycles. The Morgan fingerprint density at radius 2 is 1.27 bits per heavy atom. The summed E-state index contributed by atoms with van der Waals surface area (Å²) in [5.74, 6) is -0.255. The number of amides is 2. The first-order valence-corrected chi connectivity index (χ1v) is 11.9. The Kier molecular flexibility index (Phi) is 8.00. The lowest BCUT2D eigenvalue weighted by atomic mass is 10.1. The van der Waals surface area contributed by atoms with Crippen LogP contribution in [-0.4, -0.2) is 30.0 Å². The van der Waals surface area contributed by atoms with Gasteiger partial charge in [-0.3, -0.25) is 14.4 Å². The van der Waals surface area contributed by atoms with Crippen molar-refractivity contribution < 1.29 is 19.1 Å². The fourth-order valence-electron chi connectivity index (χ4n) is 3.72. The third-order valence-corrected chi connectivity index (χ3v) is 5.45. The number of rotatable bonds is 9. The van der Waals surface area contributed by atoms with E-state index in [1.165, 1.54) is 6.07 Å². The Bertz CT molecular complexity index is 1450. The highest BCUT2D eigenvalue weighted by atomic mass is 16.5. The molecule has 0 bridgehead atoms. The topological polar surface area (TPSA) is 110 Å². The molecular formula is C29H27N3O5. The lowest BCUT2D eigenvalue weighted by Gasteiger charge is -2.18. The van der Waals surface area contributed by atoms with Crippen LogP contribution in [0.15, 0.2) is 89.7 Å². The van der Waals surface area contributed by atoms with E-state index in [0.717, 1.165) is 5.56 Å². The minimum absolute atomic E-state index is 0.0541. The van der Waals surface area contributed by atoms with Gasteiger partial charge in [0, 0.05) is 23.4 Å². The minimum Gasteiger partial charge on any atom is -0.492 e. The summed E-state index contributed by atoms with van der Waals surface area (Å²) in [4.78, 5) is 41.3. The van der Waals surface area contributed by atoms with Gasteiger partial charge in [-0.05, 0) is 43.7 Å². The summed E-state index contributed by atoms with van der Waals surface area (Å²) in [6, 6.07) is 24.5. The number of pyridine rings is 1. The molecular weight excluding hydrogens is 470 g/mol. The van der Waals surface area contributed by atoms with Gasteiger partial charge in [0.2, 0.25) is 0 Å². The molecule has 3 N–H and O–H groups in total. The summed E-state index contributed by atoms with van der Waals surface area (Å²) >= 11 is 0. The van der Waals surface area contributed by atoms with Gasteiger partial charge in [0.25, 0.3) is 17.4 Å². The predicted molar refractivity (Wildman–Crippen MR) is 144 cm³/mol. The van der Waals surface area contributed by atoms with Gasteiger partial charge >= 0.3 is 0 Å². The molecule has 0 radical (unpaired) electrons. The average molecular weight is 498 g/mol. The minimum atomic E-state index is -0.606. The normalized spacial score (nSPS) is 10.4. The maximum absolute atomic E-state index is 13.1. The number of hydrogen-bond acceptors (Lipinski definition) is 5. The zero-order chi connectivity index (χ0) is 26.2. The van der Waals surface area contributed by atoms with Crippen LogP contribution in [0, 0.1) is 0 Å². The molecule has 8 nitrogen and oxygen atoms in total. The maximum atomic E-state index is 13.1. The third-order valence-electron chi connectivity index (χ3n) is 5.45. The number of aromatic amines is 1. The van der Waals surface area contributed by atoms with Crippen LogP contribution in [-0.2, 0) is 0 Å². The molecule has 4 rings (SSSR count). The van der Waals surface area contributed by atoms with E-state index >= 15 is 0 Å². The highest BCUT2D eigenvalue weighted by Crippen LogP contribution is 2.37. The molecule has 1 heterocycles. The molecule has 188 valence electrons. The summed E-state index contributed by atoms with van der Waals surface area (Å²) in [7, 11) is 0.